The van der Waals surface area contributed by atoms with Crippen LogP contribution < -0.4 is 4.74 Å². The van der Waals surface area contributed by atoms with Crippen molar-refractivity contribution in [1.82, 2.24) is 14.5 Å². The summed E-state index contributed by atoms with van der Waals surface area (Å²) in [4.78, 5) is 8.78. The van der Waals surface area contributed by atoms with Gasteiger partial charge in [0.15, 0.2) is 0 Å². The zero-order valence-corrected chi connectivity index (χ0v) is 15.4. The molecule has 2 heterocycles. The number of aromatic nitrogens is 3. The lowest BCUT2D eigenvalue weighted by Crippen LogP contribution is -2.20. The van der Waals surface area contributed by atoms with Crippen LogP contribution in [0.4, 0.5) is 0 Å². The number of thioether (sulfide) groups is 1. The summed E-state index contributed by atoms with van der Waals surface area (Å²) in [5.41, 5.74) is 3.50. The highest BCUT2D eigenvalue weighted by Gasteiger charge is 2.15. The second-order valence-electron chi connectivity index (χ2n) is 5.92. The van der Waals surface area contributed by atoms with Gasteiger partial charge in [-0.2, -0.15) is 11.8 Å². The molecule has 3 rings (SSSR count). The number of pyridine rings is 1. The maximum atomic E-state index is 5.98. The van der Waals surface area contributed by atoms with E-state index in [0.717, 1.165) is 35.7 Å². The SMILES string of the molecule is CSCCc1c(-c2ccccc2)ncn1C[C@@H](C)Oc1cccnc1. The fraction of sp³-hybridized carbons (Fsp3) is 0.300. The van der Waals surface area contributed by atoms with E-state index in [2.05, 4.69) is 52.0 Å². The molecule has 1 atom stereocenters. The summed E-state index contributed by atoms with van der Waals surface area (Å²) in [5, 5.41) is 0. The van der Waals surface area contributed by atoms with Crippen LogP contribution in [-0.2, 0) is 13.0 Å². The Morgan fingerprint density at radius 3 is 2.72 bits per heavy atom. The molecule has 0 bridgehead atoms. The molecule has 0 aliphatic carbocycles. The van der Waals surface area contributed by atoms with Gasteiger partial charge in [-0.25, -0.2) is 4.98 Å². The van der Waals surface area contributed by atoms with E-state index in [0.29, 0.717) is 0 Å². The van der Waals surface area contributed by atoms with Gasteiger partial charge < -0.3 is 9.30 Å². The largest absolute Gasteiger partial charge is 0.487 e. The topological polar surface area (TPSA) is 39.9 Å². The van der Waals surface area contributed by atoms with Crippen LogP contribution in [0.2, 0.25) is 0 Å². The Morgan fingerprint density at radius 1 is 1.16 bits per heavy atom. The van der Waals surface area contributed by atoms with Crippen LogP contribution in [-0.4, -0.2) is 32.6 Å². The van der Waals surface area contributed by atoms with E-state index >= 15 is 0 Å². The third kappa shape index (κ3) is 4.63. The Hall–Kier alpha value is -2.27. The molecule has 0 N–H and O–H groups in total. The predicted molar refractivity (Wildman–Crippen MR) is 104 cm³/mol. The predicted octanol–water partition coefficient (Wildman–Crippen LogP) is 4.32. The van der Waals surface area contributed by atoms with Crippen LogP contribution in [0.15, 0.2) is 61.2 Å². The lowest BCUT2D eigenvalue weighted by molar-refractivity contribution is 0.197. The quantitative estimate of drug-likeness (QED) is 0.605. The summed E-state index contributed by atoms with van der Waals surface area (Å²) in [6.45, 7) is 2.84. The third-order valence-electron chi connectivity index (χ3n) is 3.96. The lowest BCUT2D eigenvalue weighted by Gasteiger charge is -2.17. The summed E-state index contributed by atoms with van der Waals surface area (Å²) in [6.07, 6.45) is 8.59. The number of rotatable bonds is 8. The average molecular weight is 353 g/mol. The van der Waals surface area contributed by atoms with E-state index in [9.17, 15) is 0 Å². The Kier molecular flexibility index (Phi) is 6.12. The average Bonchev–Trinajstić information content (AvgIpc) is 3.03. The van der Waals surface area contributed by atoms with Gasteiger partial charge in [0.05, 0.1) is 24.8 Å². The fourth-order valence-corrected chi connectivity index (χ4v) is 3.22. The van der Waals surface area contributed by atoms with Crippen LogP contribution in [0.1, 0.15) is 12.6 Å². The number of benzene rings is 1. The van der Waals surface area contributed by atoms with Gasteiger partial charge in [-0.1, -0.05) is 30.3 Å². The molecule has 0 spiro atoms. The maximum Gasteiger partial charge on any atom is 0.138 e. The first-order chi connectivity index (χ1) is 12.3. The van der Waals surface area contributed by atoms with Crippen molar-refractivity contribution in [3.05, 3.63) is 66.9 Å². The molecular weight excluding hydrogens is 330 g/mol. The number of hydrogen-bond acceptors (Lipinski definition) is 4. The first-order valence-corrected chi connectivity index (χ1v) is 9.82. The monoisotopic (exact) mass is 353 g/mol. The van der Waals surface area contributed by atoms with Crippen molar-refractivity contribution < 1.29 is 4.74 Å². The number of nitrogens with zero attached hydrogens (tertiary/aromatic N) is 3. The molecular formula is C20H23N3OS. The second-order valence-corrected chi connectivity index (χ2v) is 6.90. The van der Waals surface area contributed by atoms with E-state index in [1.54, 1.807) is 12.4 Å². The Labute approximate surface area is 153 Å². The Balaban J connectivity index is 1.79. The van der Waals surface area contributed by atoms with Crippen molar-refractivity contribution in [1.29, 1.82) is 0 Å². The molecule has 0 aliphatic rings. The van der Waals surface area contributed by atoms with Gasteiger partial charge in [-0.3, -0.25) is 4.98 Å². The van der Waals surface area contributed by atoms with Gasteiger partial charge in [0.1, 0.15) is 11.9 Å². The molecule has 0 saturated heterocycles. The molecule has 0 fully saturated rings. The molecule has 1 aromatic carbocycles. The van der Waals surface area contributed by atoms with Crippen LogP contribution >= 0.6 is 11.8 Å². The minimum absolute atomic E-state index is 0.0371. The van der Waals surface area contributed by atoms with E-state index in [1.807, 2.05) is 36.3 Å². The molecule has 25 heavy (non-hydrogen) atoms. The molecule has 4 nitrogen and oxygen atoms in total. The highest BCUT2D eigenvalue weighted by atomic mass is 32.2. The third-order valence-corrected chi connectivity index (χ3v) is 4.57. The van der Waals surface area contributed by atoms with E-state index in [-0.39, 0.29) is 6.10 Å². The van der Waals surface area contributed by atoms with E-state index < -0.39 is 0 Å². The van der Waals surface area contributed by atoms with Crippen LogP contribution in [0.5, 0.6) is 5.75 Å². The standard InChI is InChI=1S/C20H23N3OS/c1-16(24-18-9-6-11-21-13-18)14-23-15-22-20(19(23)10-12-25-2)17-7-4-3-5-8-17/h3-9,11,13,15-16H,10,12,14H2,1-2H3/t16-/m1/s1. The van der Waals surface area contributed by atoms with Crippen LogP contribution in [0, 0.1) is 0 Å². The molecule has 2 aromatic heterocycles. The van der Waals surface area contributed by atoms with Crippen molar-refractivity contribution >= 4 is 11.8 Å². The van der Waals surface area contributed by atoms with Gasteiger partial charge >= 0.3 is 0 Å². The van der Waals surface area contributed by atoms with Gasteiger partial charge in [0, 0.05) is 17.5 Å². The fourth-order valence-electron chi connectivity index (χ4n) is 2.83. The van der Waals surface area contributed by atoms with E-state index in [4.69, 9.17) is 4.74 Å². The highest BCUT2D eigenvalue weighted by molar-refractivity contribution is 7.98. The molecule has 0 radical (unpaired) electrons. The minimum Gasteiger partial charge on any atom is -0.487 e. The van der Waals surface area contributed by atoms with Crippen molar-refractivity contribution in [2.45, 2.75) is 26.0 Å². The minimum atomic E-state index is 0.0371. The van der Waals surface area contributed by atoms with Crippen molar-refractivity contribution in [3.8, 4) is 17.0 Å². The van der Waals surface area contributed by atoms with Crippen molar-refractivity contribution in [3.63, 3.8) is 0 Å². The summed E-state index contributed by atoms with van der Waals surface area (Å²) in [7, 11) is 0. The van der Waals surface area contributed by atoms with Crippen LogP contribution in [0.25, 0.3) is 11.3 Å². The van der Waals surface area contributed by atoms with Gasteiger partial charge in [0.25, 0.3) is 0 Å². The Bertz CT molecular complexity index is 774. The second kappa shape index (κ2) is 8.72. The maximum absolute atomic E-state index is 5.98. The molecule has 0 aliphatic heterocycles. The van der Waals surface area contributed by atoms with Crippen molar-refractivity contribution in [2.24, 2.45) is 0 Å². The molecule has 0 saturated carbocycles. The van der Waals surface area contributed by atoms with Gasteiger partial charge in [-0.15, -0.1) is 0 Å². The van der Waals surface area contributed by atoms with Crippen LogP contribution in [0.3, 0.4) is 0 Å². The molecule has 0 amide bonds. The normalized spacial score (nSPS) is 12.1. The summed E-state index contributed by atoms with van der Waals surface area (Å²) in [6, 6.07) is 14.2. The van der Waals surface area contributed by atoms with E-state index in [1.165, 1.54) is 5.69 Å². The summed E-state index contributed by atoms with van der Waals surface area (Å²) in [5.74, 6) is 1.87. The number of hydrogen-bond donors (Lipinski definition) is 0. The number of ether oxygens (including phenoxy) is 1. The summed E-state index contributed by atoms with van der Waals surface area (Å²) < 4.78 is 8.20. The first-order valence-electron chi connectivity index (χ1n) is 8.43. The molecule has 5 heteroatoms. The first kappa shape index (κ1) is 17.5. The Morgan fingerprint density at radius 2 is 2.00 bits per heavy atom. The zero-order valence-electron chi connectivity index (χ0n) is 14.6. The molecule has 0 unspecified atom stereocenters. The summed E-state index contributed by atoms with van der Waals surface area (Å²) >= 11 is 1.85. The smallest absolute Gasteiger partial charge is 0.138 e. The van der Waals surface area contributed by atoms with Gasteiger partial charge in [0.2, 0.25) is 0 Å². The zero-order chi connectivity index (χ0) is 17.5. The highest BCUT2D eigenvalue weighted by Crippen LogP contribution is 2.24. The molecule has 3 aromatic rings. The van der Waals surface area contributed by atoms with Gasteiger partial charge in [-0.05, 0) is 37.5 Å². The lowest BCUT2D eigenvalue weighted by atomic mass is 10.1. The van der Waals surface area contributed by atoms with Crippen molar-refractivity contribution in [2.75, 3.05) is 12.0 Å². The number of imidazole rings is 1. The molecule has 130 valence electrons.